The van der Waals surface area contributed by atoms with E-state index in [9.17, 15) is 9.59 Å². The molecule has 0 aliphatic rings. The van der Waals surface area contributed by atoms with Gasteiger partial charge in [0.2, 0.25) is 0 Å². The minimum atomic E-state index is -0.596. The van der Waals surface area contributed by atoms with E-state index in [4.69, 9.17) is 9.47 Å². The molecule has 168 valence electrons. The van der Waals surface area contributed by atoms with Gasteiger partial charge in [-0.05, 0) is 54.6 Å². The Bertz CT molecular complexity index is 1110. The number of ether oxygens (including phenoxy) is 2. The lowest BCUT2D eigenvalue weighted by atomic mass is 10.2. The standard InChI is InChI=1S/C23H26N4O4S/c1-3-5-6-11-31-19-10-9-16(13-20(19)30-4-2)15-24-27-22(28)18-14-17(25-23(29)26-18)21-8-7-12-32-21/h7-10,12-15H,3-6,11H2,1-2H3,(H,27,28)(H,25,26,29)/b24-15+. The van der Waals surface area contributed by atoms with Crippen molar-refractivity contribution in [2.45, 2.75) is 33.1 Å². The van der Waals surface area contributed by atoms with Gasteiger partial charge < -0.3 is 14.5 Å². The molecule has 0 fully saturated rings. The van der Waals surface area contributed by atoms with Crippen molar-refractivity contribution in [2.75, 3.05) is 13.2 Å². The minimum Gasteiger partial charge on any atom is -0.490 e. The maximum absolute atomic E-state index is 12.4. The summed E-state index contributed by atoms with van der Waals surface area (Å²) in [5.74, 6) is 0.722. The lowest BCUT2D eigenvalue weighted by Gasteiger charge is -2.12. The first-order chi connectivity index (χ1) is 15.6. The van der Waals surface area contributed by atoms with Gasteiger partial charge in [0.15, 0.2) is 11.5 Å². The summed E-state index contributed by atoms with van der Waals surface area (Å²) < 4.78 is 11.5. The molecule has 0 saturated carbocycles. The molecule has 0 saturated heterocycles. The summed E-state index contributed by atoms with van der Waals surface area (Å²) in [4.78, 5) is 31.5. The van der Waals surface area contributed by atoms with Gasteiger partial charge in [0.05, 0.1) is 30.0 Å². The summed E-state index contributed by atoms with van der Waals surface area (Å²) in [6, 6.07) is 10.7. The first-order valence-electron chi connectivity index (χ1n) is 10.5. The van der Waals surface area contributed by atoms with Crippen LogP contribution in [0.5, 0.6) is 11.5 Å². The van der Waals surface area contributed by atoms with Crippen LogP contribution in [0.3, 0.4) is 0 Å². The molecule has 32 heavy (non-hydrogen) atoms. The monoisotopic (exact) mass is 454 g/mol. The zero-order valence-electron chi connectivity index (χ0n) is 18.1. The van der Waals surface area contributed by atoms with E-state index in [1.165, 1.54) is 23.6 Å². The number of nitrogens with zero attached hydrogens (tertiary/aromatic N) is 2. The number of unbranched alkanes of at least 4 members (excludes halogenated alkanes) is 2. The number of H-pyrrole nitrogens is 1. The Hall–Kier alpha value is -3.46. The predicted molar refractivity (Wildman–Crippen MR) is 126 cm³/mol. The quantitative estimate of drug-likeness (QED) is 0.256. The van der Waals surface area contributed by atoms with E-state index < -0.39 is 11.6 Å². The molecule has 0 aliphatic carbocycles. The van der Waals surface area contributed by atoms with Crippen LogP contribution < -0.4 is 20.6 Å². The van der Waals surface area contributed by atoms with Gasteiger partial charge in [0.1, 0.15) is 5.69 Å². The number of nitrogens with one attached hydrogen (secondary N) is 2. The van der Waals surface area contributed by atoms with E-state index in [0.717, 1.165) is 29.7 Å². The number of hydrazone groups is 1. The number of hydrogen-bond donors (Lipinski definition) is 2. The second-order valence-corrected chi connectivity index (χ2v) is 7.80. The van der Waals surface area contributed by atoms with E-state index in [0.29, 0.717) is 30.4 Å². The van der Waals surface area contributed by atoms with Crippen LogP contribution in [-0.4, -0.2) is 35.3 Å². The summed E-state index contributed by atoms with van der Waals surface area (Å²) >= 11 is 1.45. The van der Waals surface area contributed by atoms with Crippen molar-refractivity contribution < 1.29 is 14.3 Å². The van der Waals surface area contributed by atoms with Gasteiger partial charge in [0.25, 0.3) is 5.91 Å². The number of amides is 1. The summed E-state index contributed by atoms with van der Waals surface area (Å²) in [5.41, 5.74) is 3.06. The van der Waals surface area contributed by atoms with Crippen molar-refractivity contribution in [1.29, 1.82) is 0 Å². The maximum atomic E-state index is 12.4. The molecule has 2 aromatic heterocycles. The maximum Gasteiger partial charge on any atom is 0.346 e. The molecule has 3 rings (SSSR count). The number of hydrogen-bond acceptors (Lipinski definition) is 7. The Balaban J connectivity index is 1.67. The van der Waals surface area contributed by atoms with E-state index in [1.54, 1.807) is 6.07 Å². The highest BCUT2D eigenvalue weighted by molar-refractivity contribution is 7.13. The summed E-state index contributed by atoms with van der Waals surface area (Å²) in [7, 11) is 0. The van der Waals surface area contributed by atoms with Crippen LogP contribution in [0, 0.1) is 0 Å². The van der Waals surface area contributed by atoms with Crippen molar-refractivity contribution in [1.82, 2.24) is 15.4 Å². The van der Waals surface area contributed by atoms with Crippen molar-refractivity contribution in [3.8, 4) is 22.1 Å². The van der Waals surface area contributed by atoms with Crippen LogP contribution in [0.25, 0.3) is 10.6 Å². The van der Waals surface area contributed by atoms with Gasteiger partial charge in [-0.3, -0.25) is 4.79 Å². The van der Waals surface area contributed by atoms with Gasteiger partial charge >= 0.3 is 5.69 Å². The highest BCUT2D eigenvalue weighted by atomic mass is 32.1. The smallest absolute Gasteiger partial charge is 0.346 e. The zero-order chi connectivity index (χ0) is 22.8. The molecule has 2 N–H and O–H groups in total. The molecule has 0 aliphatic heterocycles. The number of benzene rings is 1. The van der Waals surface area contributed by atoms with E-state index >= 15 is 0 Å². The molecule has 1 amide bonds. The lowest BCUT2D eigenvalue weighted by Crippen LogP contribution is -2.24. The third-order valence-corrected chi connectivity index (χ3v) is 5.32. The van der Waals surface area contributed by atoms with Gasteiger partial charge in [-0.15, -0.1) is 11.3 Å². The molecule has 0 unspecified atom stereocenters. The first kappa shape index (κ1) is 23.2. The van der Waals surface area contributed by atoms with Crippen LogP contribution in [0.4, 0.5) is 0 Å². The second kappa shape index (κ2) is 11.8. The molecule has 0 atom stereocenters. The SMILES string of the molecule is CCCCCOc1ccc(/C=N/NC(=O)c2cc(-c3cccs3)[nH]c(=O)n2)cc1OCC. The minimum absolute atomic E-state index is 0.0138. The van der Waals surface area contributed by atoms with Crippen LogP contribution in [0.2, 0.25) is 0 Å². The molecule has 1 aromatic carbocycles. The zero-order valence-corrected chi connectivity index (χ0v) is 18.9. The molecule has 2 heterocycles. The average molecular weight is 455 g/mol. The Labute approximate surface area is 190 Å². The van der Waals surface area contributed by atoms with Crippen molar-refractivity contribution in [2.24, 2.45) is 5.10 Å². The van der Waals surface area contributed by atoms with E-state index in [1.807, 2.05) is 36.6 Å². The molecular formula is C23H26N4O4S. The second-order valence-electron chi connectivity index (χ2n) is 6.86. The first-order valence-corrected chi connectivity index (χ1v) is 11.4. The third kappa shape index (κ3) is 6.52. The number of thiophene rings is 1. The van der Waals surface area contributed by atoms with E-state index in [2.05, 4.69) is 27.4 Å². The van der Waals surface area contributed by atoms with Crippen LogP contribution in [0.15, 0.2) is 51.7 Å². The largest absolute Gasteiger partial charge is 0.490 e. The number of rotatable bonds is 11. The third-order valence-electron chi connectivity index (χ3n) is 4.42. The molecule has 0 radical (unpaired) electrons. The summed E-state index contributed by atoms with van der Waals surface area (Å²) in [6.45, 7) is 5.19. The number of aromatic nitrogens is 2. The fourth-order valence-electron chi connectivity index (χ4n) is 2.89. The Morgan fingerprint density at radius 3 is 2.81 bits per heavy atom. The molecule has 9 heteroatoms. The normalized spacial score (nSPS) is 10.9. The molecule has 0 spiro atoms. The summed E-state index contributed by atoms with van der Waals surface area (Å²) in [6.07, 6.45) is 4.73. The Kier molecular flexibility index (Phi) is 8.56. The average Bonchev–Trinajstić information content (AvgIpc) is 3.33. The molecule has 3 aromatic rings. The van der Waals surface area contributed by atoms with Gasteiger partial charge in [-0.2, -0.15) is 10.1 Å². The van der Waals surface area contributed by atoms with Crippen LogP contribution in [-0.2, 0) is 0 Å². The number of aromatic amines is 1. The molecule has 0 bridgehead atoms. The van der Waals surface area contributed by atoms with Gasteiger partial charge in [-0.25, -0.2) is 10.2 Å². The van der Waals surface area contributed by atoms with Crippen molar-refractivity contribution >= 4 is 23.5 Å². The summed E-state index contributed by atoms with van der Waals surface area (Å²) in [5, 5.41) is 5.87. The van der Waals surface area contributed by atoms with Crippen LogP contribution >= 0.6 is 11.3 Å². The van der Waals surface area contributed by atoms with Crippen LogP contribution in [0.1, 0.15) is 49.2 Å². The highest BCUT2D eigenvalue weighted by Gasteiger charge is 2.11. The fraction of sp³-hybridized carbons (Fsp3) is 0.304. The van der Waals surface area contributed by atoms with E-state index in [-0.39, 0.29) is 5.69 Å². The van der Waals surface area contributed by atoms with Gasteiger partial charge in [0, 0.05) is 0 Å². The lowest BCUT2D eigenvalue weighted by molar-refractivity contribution is 0.0949. The highest BCUT2D eigenvalue weighted by Crippen LogP contribution is 2.28. The topological polar surface area (TPSA) is 106 Å². The van der Waals surface area contributed by atoms with Gasteiger partial charge in [-0.1, -0.05) is 25.8 Å². The predicted octanol–water partition coefficient (Wildman–Crippen LogP) is 4.23. The molecule has 8 nitrogen and oxygen atoms in total. The Morgan fingerprint density at radius 1 is 1.19 bits per heavy atom. The number of carbonyl (C=O) groups excluding carboxylic acids is 1. The number of carbonyl (C=O) groups is 1. The van der Waals surface area contributed by atoms with Crippen molar-refractivity contribution in [3.05, 3.63) is 63.5 Å². The fourth-order valence-corrected chi connectivity index (χ4v) is 3.59. The Morgan fingerprint density at radius 2 is 2.06 bits per heavy atom. The molecular weight excluding hydrogens is 428 g/mol. The van der Waals surface area contributed by atoms with Crippen molar-refractivity contribution in [3.63, 3.8) is 0 Å².